The molecule has 0 N–H and O–H groups in total. The standard InChI is InChI=1S/C10H21NO2/c1-10(2,3)13-9-7-11(4)6-8(9)12-5/h8-9H,6-7H2,1-5H3/t8-,9-/m0/s1. The number of rotatable bonds is 2. The van der Waals surface area contributed by atoms with Gasteiger partial charge in [0.1, 0.15) is 0 Å². The molecule has 0 spiro atoms. The molecule has 2 atom stereocenters. The highest BCUT2D eigenvalue weighted by Crippen LogP contribution is 2.20. The summed E-state index contributed by atoms with van der Waals surface area (Å²) >= 11 is 0. The summed E-state index contributed by atoms with van der Waals surface area (Å²) in [5.41, 5.74) is -0.0768. The van der Waals surface area contributed by atoms with E-state index in [0.29, 0.717) is 0 Å². The Balaban J connectivity index is 2.49. The second-order valence-corrected chi connectivity index (χ2v) is 4.76. The summed E-state index contributed by atoms with van der Waals surface area (Å²) in [6.45, 7) is 8.18. The predicted molar refractivity (Wildman–Crippen MR) is 52.9 cm³/mol. The minimum Gasteiger partial charge on any atom is -0.377 e. The number of hydrogen-bond acceptors (Lipinski definition) is 3. The number of methoxy groups -OCH3 is 1. The van der Waals surface area contributed by atoms with Gasteiger partial charge in [-0.1, -0.05) is 0 Å². The van der Waals surface area contributed by atoms with Gasteiger partial charge in [-0.05, 0) is 27.8 Å². The van der Waals surface area contributed by atoms with E-state index in [4.69, 9.17) is 9.47 Å². The molecule has 0 aliphatic carbocycles. The minimum absolute atomic E-state index is 0.0768. The summed E-state index contributed by atoms with van der Waals surface area (Å²) in [6, 6.07) is 0. The molecule has 3 nitrogen and oxygen atoms in total. The SMILES string of the molecule is CO[C@H]1CN(C)C[C@@H]1OC(C)(C)C. The third kappa shape index (κ3) is 3.25. The van der Waals surface area contributed by atoms with Crippen molar-refractivity contribution in [1.82, 2.24) is 4.90 Å². The lowest BCUT2D eigenvalue weighted by atomic mass is 10.1. The van der Waals surface area contributed by atoms with Crippen molar-refractivity contribution in [2.24, 2.45) is 0 Å². The van der Waals surface area contributed by atoms with Crippen molar-refractivity contribution in [1.29, 1.82) is 0 Å². The Labute approximate surface area is 81.0 Å². The maximum Gasteiger partial charge on any atom is 0.0982 e. The van der Waals surface area contributed by atoms with Crippen molar-refractivity contribution in [3.8, 4) is 0 Å². The summed E-state index contributed by atoms with van der Waals surface area (Å²) in [6.07, 6.45) is 0.444. The molecule has 0 radical (unpaired) electrons. The lowest BCUT2D eigenvalue weighted by molar-refractivity contribution is -0.0995. The van der Waals surface area contributed by atoms with Gasteiger partial charge in [-0.15, -0.1) is 0 Å². The maximum absolute atomic E-state index is 5.91. The molecule has 1 aliphatic heterocycles. The van der Waals surface area contributed by atoms with Crippen LogP contribution in [0.3, 0.4) is 0 Å². The van der Waals surface area contributed by atoms with Crippen LogP contribution in [0.4, 0.5) is 0 Å². The fraction of sp³-hybridized carbons (Fsp3) is 1.00. The zero-order valence-electron chi connectivity index (χ0n) is 9.33. The third-order valence-electron chi connectivity index (χ3n) is 2.21. The van der Waals surface area contributed by atoms with Crippen LogP contribution in [0.1, 0.15) is 20.8 Å². The summed E-state index contributed by atoms with van der Waals surface area (Å²) in [5.74, 6) is 0. The molecule has 78 valence electrons. The van der Waals surface area contributed by atoms with Crippen molar-refractivity contribution < 1.29 is 9.47 Å². The van der Waals surface area contributed by atoms with Crippen LogP contribution in [0, 0.1) is 0 Å². The Kier molecular flexibility index (Phi) is 3.33. The molecule has 0 aromatic carbocycles. The lowest BCUT2D eigenvalue weighted by Gasteiger charge is -2.27. The molecule has 1 rings (SSSR count). The Hall–Kier alpha value is -0.120. The van der Waals surface area contributed by atoms with Gasteiger partial charge in [0.05, 0.1) is 17.8 Å². The molecule has 0 saturated carbocycles. The van der Waals surface area contributed by atoms with Gasteiger partial charge in [0.25, 0.3) is 0 Å². The molecule has 0 amide bonds. The van der Waals surface area contributed by atoms with E-state index in [1.807, 2.05) is 0 Å². The monoisotopic (exact) mass is 187 g/mol. The van der Waals surface area contributed by atoms with Gasteiger partial charge in [0.15, 0.2) is 0 Å². The molecule has 1 aliphatic rings. The first kappa shape index (κ1) is 11.0. The third-order valence-corrected chi connectivity index (χ3v) is 2.21. The highest BCUT2D eigenvalue weighted by molar-refractivity contribution is 4.85. The average Bonchev–Trinajstić information content (AvgIpc) is 2.27. The smallest absolute Gasteiger partial charge is 0.0982 e. The second-order valence-electron chi connectivity index (χ2n) is 4.76. The summed E-state index contributed by atoms with van der Waals surface area (Å²) in [7, 11) is 3.85. The van der Waals surface area contributed by atoms with Gasteiger partial charge >= 0.3 is 0 Å². The molecule has 0 aromatic heterocycles. The van der Waals surface area contributed by atoms with Crippen molar-refractivity contribution >= 4 is 0 Å². The quantitative estimate of drug-likeness (QED) is 0.647. The minimum atomic E-state index is -0.0768. The molecule has 0 aromatic rings. The highest BCUT2D eigenvalue weighted by Gasteiger charge is 2.34. The molecular formula is C10H21NO2. The zero-order chi connectivity index (χ0) is 10.1. The summed E-state index contributed by atoms with van der Waals surface area (Å²) in [4.78, 5) is 2.24. The molecule has 0 unspecified atom stereocenters. The van der Waals surface area contributed by atoms with Gasteiger partial charge < -0.3 is 14.4 Å². The van der Waals surface area contributed by atoms with E-state index < -0.39 is 0 Å². The Bertz CT molecular complexity index is 165. The van der Waals surface area contributed by atoms with Gasteiger partial charge in [0, 0.05) is 20.2 Å². The topological polar surface area (TPSA) is 21.7 Å². The van der Waals surface area contributed by atoms with E-state index in [2.05, 4.69) is 32.7 Å². The van der Waals surface area contributed by atoms with Gasteiger partial charge in [-0.3, -0.25) is 0 Å². The lowest BCUT2D eigenvalue weighted by Crippen LogP contribution is -2.36. The maximum atomic E-state index is 5.91. The summed E-state index contributed by atoms with van der Waals surface area (Å²) < 4.78 is 11.3. The average molecular weight is 187 g/mol. The van der Waals surface area contributed by atoms with Crippen LogP contribution in [0.2, 0.25) is 0 Å². The van der Waals surface area contributed by atoms with Crippen LogP contribution in [0.5, 0.6) is 0 Å². The molecule has 3 heteroatoms. The van der Waals surface area contributed by atoms with Gasteiger partial charge in [0.2, 0.25) is 0 Å². The van der Waals surface area contributed by atoms with Crippen LogP contribution in [0.15, 0.2) is 0 Å². The Morgan fingerprint density at radius 2 is 1.69 bits per heavy atom. The first-order chi connectivity index (χ1) is 5.92. The first-order valence-electron chi connectivity index (χ1n) is 4.81. The second kappa shape index (κ2) is 3.95. The summed E-state index contributed by atoms with van der Waals surface area (Å²) in [5, 5.41) is 0. The molecule has 1 fully saturated rings. The molecular weight excluding hydrogens is 166 g/mol. The molecule has 1 heterocycles. The van der Waals surface area contributed by atoms with Gasteiger partial charge in [-0.25, -0.2) is 0 Å². The Morgan fingerprint density at radius 3 is 2.15 bits per heavy atom. The van der Waals surface area contributed by atoms with E-state index in [-0.39, 0.29) is 17.8 Å². The largest absolute Gasteiger partial charge is 0.377 e. The first-order valence-corrected chi connectivity index (χ1v) is 4.81. The van der Waals surface area contributed by atoms with E-state index in [1.165, 1.54) is 0 Å². The van der Waals surface area contributed by atoms with Crippen LogP contribution >= 0.6 is 0 Å². The number of likely N-dealkylation sites (tertiary alicyclic amines) is 1. The van der Waals surface area contributed by atoms with Crippen LogP contribution in [0.25, 0.3) is 0 Å². The molecule has 1 saturated heterocycles. The highest BCUT2D eigenvalue weighted by atomic mass is 16.6. The zero-order valence-corrected chi connectivity index (χ0v) is 9.33. The Morgan fingerprint density at radius 1 is 1.15 bits per heavy atom. The van der Waals surface area contributed by atoms with E-state index in [9.17, 15) is 0 Å². The number of nitrogens with zero attached hydrogens (tertiary/aromatic N) is 1. The van der Waals surface area contributed by atoms with Crippen LogP contribution < -0.4 is 0 Å². The predicted octanol–water partition coefficient (Wildman–Crippen LogP) is 1.13. The number of ether oxygens (including phenoxy) is 2. The van der Waals surface area contributed by atoms with Crippen LogP contribution in [-0.2, 0) is 9.47 Å². The number of likely N-dealkylation sites (N-methyl/N-ethyl adjacent to an activating group) is 1. The normalized spacial score (nSPS) is 31.2. The van der Waals surface area contributed by atoms with Crippen molar-refractivity contribution in [3.05, 3.63) is 0 Å². The van der Waals surface area contributed by atoms with Gasteiger partial charge in [-0.2, -0.15) is 0 Å². The fourth-order valence-corrected chi connectivity index (χ4v) is 1.72. The molecule has 0 bridgehead atoms. The number of hydrogen-bond donors (Lipinski definition) is 0. The van der Waals surface area contributed by atoms with Crippen molar-refractivity contribution in [2.45, 2.75) is 38.6 Å². The van der Waals surface area contributed by atoms with E-state index in [1.54, 1.807) is 7.11 Å². The van der Waals surface area contributed by atoms with Crippen molar-refractivity contribution in [2.75, 3.05) is 27.2 Å². The fourth-order valence-electron chi connectivity index (χ4n) is 1.72. The van der Waals surface area contributed by atoms with Crippen LogP contribution in [-0.4, -0.2) is 50.0 Å². The van der Waals surface area contributed by atoms with E-state index >= 15 is 0 Å². The van der Waals surface area contributed by atoms with E-state index in [0.717, 1.165) is 13.1 Å². The van der Waals surface area contributed by atoms with Crippen molar-refractivity contribution in [3.63, 3.8) is 0 Å². The molecule has 13 heavy (non-hydrogen) atoms.